The van der Waals surface area contributed by atoms with Crippen LogP contribution < -0.4 is 5.32 Å². The minimum absolute atomic E-state index is 0.644. The van der Waals surface area contributed by atoms with Crippen molar-refractivity contribution in [2.24, 2.45) is 0 Å². The van der Waals surface area contributed by atoms with Crippen molar-refractivity contribution in [3.63, 3.8) is 0 Å². The summed E-state index contributed by atoms with van der Waals surface area (Å²) in [6.45, 7) is 7.51. The minimum Gasteiger partial charge on any atom is -0.379 e. The second-order valence-electron chi connectivity index (χ2n) is 4.25. The van der Waals surface area contributed by atoms with E-state index in [9.17, 15) is 0 Å². The Bertz CT molecular complexity index is 153. The van der Waals surface area contributed by atoms with Gasteiger partial charge in [-0.25, -0.2) is 0 Å². The summed E-state index contributed by atoms with van der Waals surface area (Å²) in [4.78, 5) is 2.49. The van der Waals surface area contributed by atoms with E-state index in [1.807, 2.05) is 0 Å². The number of hydrogen-bond acceptors (Lipinski definition) is 3. The van der Waals surface area contributed by atoms with Gasteiger partial charge in [0.1, 0.15) is 0 Å². The molecular weight excluding hydrogens is 164 g/mol. The lowest BCUT2D eigenvalue weighted by Gasteiger charge is -2.29. The molecule has 1 aliphatic carbocycles. The molecule has 1 N–H and O–H groups in total. The summed E-state index contributed by atoms with van der Waals surface area (Å²) in [5.41, 5.74) is 0. The first-order valence-electron chi connectivity index (χ1n) is 5.41. The maximum Gasteiger partial charge on any atom is 0.0594 e. The Kier molecular flexibility index (Phi) is 3.19. The summed E-state index contributed by atoms with van der Waals surface area (Å²) < 4.78 is 5.31. The summed E-state index contributed by atoms with van der Waals surface area (Å²) in [7, 11) is 0. The van der Waals surface area contributed by atoms with Crippen molar-refractivity contribution in [1.82, 2.24) is 10.2 Å². The van der Waals surface area contributed by atoms with Crippen LogP contribution in [0.25, 0.3) is 0 Å². The van der Waals surface area contributed by atoms with Gasteiger partial charge >= 0.3 is 0 Å². The number of morpholine rings is 1. The van der Waals surface area contributed by atoms with Gasteiger partial charge in [-0.2, -0.15) is 0 Å². The van der Waals surface area contributed by atoms with E-state index in [0.29, 0.717) is 6.04 Å². The normalized spacial score (nSPS) is 27.5. The summed E-state index contributed by atoms with van der Waals surface area (Å²) in [5, 5.41) is 3.62. The predicted octanol–water partition coefficient (Wildman–Crippen LogP) is 0.459. The number of rotatable bonds is 4. The quantitative estimate of drug-likeness (QED) is 0.687. The first-order valence-corrected chi connectivity index (χ1v) is 5.41. The van der Waals surface area contributed by atoms with Crippen LogP contribution in [-0.2, 0) is 4.74 Å². The third kappa shape index (κ3) is 3.25. The second-order valence-corrected chi connectivity index (χ2v) is 4.25. The van der Waals surface area contributed by atoms with Crippen molar-refractivity contribution in [2.75, 3.05) is 32.8 Å². The maximum atomic E-state index is 5.31. The average Bonchev–Trinajstić information content (AvgIpc) is 2.90. The molecule has 0 aromatic carbocycles. The molecule has 0 amide bonds. The molecule has 0 aromatic heterocycles. The van der Waals surface area contributed by atoms with Gasteiger partial charge in [0.2, 0.25) is 0 Å². The smallest absolute Gasteiger partial charge is 0.0594 e. The number of ether oxygens (including phenoxy) is 1. The largest absolute Gasteiger partial charge is 0.379 e. The first kappa shape index (κ1) is 9.44. The Hall–Kier alpha value is -0.120. The van der Waals surface area contributed by atoms with E-state index in [-0.39, 0.29) is 0 Å². The first-order chi connectivity index (χ1) is 6.34. The van der Waals surface area contributed by atoms with Gasteiger partial charge in [0, 0.05) is 31.7 Å². The fourth-order valence-electron chi connectivity index (χ4n) is 1.88. The van der Waals surface area contributed by atoms with Crippen LogP contribution in [0.15, 0.2) is 0 Å². The number of nitrogens with one attached hydrogen (secondary N) is 1. The Morgan fingerprint density at radius 3 is 2.69 bits per heavy atom. The standard InChI is InChI=1S/C10H20N2O/c1-9(11-10-2-3-10)8-12-4-6-13-7-5-12/h9-11H,2-8H2,1H3. The summed E-state index contributed by atoms with van der Waals surface area (Å²) in [6, 6.07) is 1.47. The highest BCUT2D eigenvalue weighted by Gasteiger charge is 2.23. The lowest BCUT2D eigenvalue weighted by Crippen LogP contribution is -2.44. The molecule has 0 bridgehead atoms. The number of hydrogen-bond donors (Lipinski definition) is 1. The van der Waals surface area contributed by atoms with E-state index >= 15 is 0 Å². The third-order valence-corrected chi connectivity index (χ3v) is 2.73. The molecule has 3 heteroatoms. The summed E-state index contributed by atoms with van der Waals surface area (Å²) >= 11 is 0. The van der Waals surface area contributed by atoms with Crippen LogP contribution in [0.4, 0.5) is 0 Å². The van der Waals surface area contributed by atoms with Crippen LogP contribution >= 0.6 is 0 Å². The van der Waals surface area contributed by atoms with Crippen molar-refractivity contribution < 1.29 is 4.74 Å². The Balaban J connectivity index is 1.62. The minimum atomic E-state index is 0.644. The van der Waals surface area contributed by atoms with E-state index < -0.39 is 0 Å². The van der Waals surface area contributed by atoms with Crippen molar-refractivity contribution in [1.29, 1.82) is 0 Å². The highest BCUT2D eigenvalue weighted by atomic mass is 16.5. The molecule has 1 saturated carbocycles. The molecule has 2 rings (SSSR count). The summed E-state index contributed by atoms with van der Waals surface area (Å²) in [5.74, 6) is 0. The fraction of sp³-hybridized carbons (Fsp3) is 1.00. The topological polar surface area (TPSA) is 24.5 Å². The predicted molar refractivity (Wildman–Crippen MR) is 52.9 cm³/mol. The van der Waals surface area contributed by atoms with Gasteiger partial charge in [0.15, 0.2) is 0 Å². The molecule has 1 saturated heterocycles. The molecule has 0 aromatic rings. The third-order valence-electron chi connectivity index (χ3n) is 2.73. The van der Waals surface area contributed by atoms with Crippen LogP contribution in [0.5, 0.6) is 0 Å². The second kappa shape index (κ2) is 4.40. The molecule has 2 aliphatic rings. The van der Waals surface area contributed by atoms with E-state index in [2.05, 4.69) is 17.1 Å². The van der Waals surface area contributed by atoms with Crippen LogP contribution in [0, 0.1) is 0 Å². The van der Waals surface area contributed by atoms with Gasteiger partial charge in [0.05, 0.1) is 13.2 Å². The molecular formula is C10H20N2O. The van der Waals surface area contributed by atoms with Gasteiger partial charge in [-0.3, -0.25) is 4.90 Å². The molecule has 0 radical (unpaired) electrons. The van der Waals surface area contributed by atoms with Gasteiger partial charge in [0.25, 0.3) is 0 Å². The molecule has 1 heterocycles. The van der Waals surface area contributed by atoms with E-state index in [0.717, 1.165) is 32.3 Å². The summed E-state index contributed by atoms with van der Waals surface area (Å²) in [6.07, 6.45) is 2.76. The van der Waals surface area contributed by atoms with Crippen LogP contribution in [0.2, 0.25) is 0 Å². The Morgan fingerprint density at radius 1 is 1.38 bits per heavy atom. The van der Waals surface area contributed by atoms with E-state index in [1.54, 1.807) is 0 Å². The van der Waals surface area contributed by atoms with E-state index in [4.69, 9.17) is 4.74 Å². The Labute approximate surface area is 80.4 Å². The van der Waals surface area contributed by atoms with Crippen LogP contribution in [-0.4, -0.2) is 49.8 Å². The number of nitrogens with zero attached hydrogens (tertiary/aromatic N) is 1. The molecule has 1 aliphatic heterocycles. The van der Waals surface area contributed by atoms with Crippen molar-refractivity contribution >= 4 is 0 Å². The molecule has 1 atom stereocenters. The zero-order chi connectivity index (χ0) is 9.10. The van der Waals surface area contributed by atoms with Crippen molar-refractivity contribution in [2.45, 2.75) is 31.8 Å². The maximum absolute atomic E-state index is 5.31. The zero-order valence-electron chi connectivity index (χ0n) is 8.46. The molecule has 3 nitrogen and oxygen atoms in total. The van der Waals surface area contributed by atoms with Gasteiger partial charge in [-0.15, -0.1) is 0 Å². The average molecular weight is 184 g/mol. The fourth-order valence-corrected chi connectivity index (χ4v) is 1.88. The monoisotopic (exact) mass is 184 g/mol. The highest BCUT2D eigenvalue weighted by molar-refractivity contribution is 4.84. The highest BCUT2D eigenvalue weighted by Crippen LogP contribution is 2.19. The zero-order valence-corrected chi connectivity index (χ0v) is 8.46. The van der Waals surface area contributed by atoms with Gasteiger partial charge < -0.3 is 10.1 Å². The molecule has 1 unspecified atom stereocenters. The lowest BCUT2D eigenvalue weighted by atomic mass is 10.3. The molecule has 76 valence electrons. The SMILES string of the molecule is CC(CN1CCOCC1)NC1CC1. The molecule has 2 fully saturated rings. The van der Waals surface area contributed by atoms with Gasteiger partial charge in [-0.1, -0.05) is 0 Å². The van der Waals surface area contributed by atoms with Crippen LogP contribution in [0.1, 0.15) is 19.8 Å². The van der Waals surface area contributed by atoms with E-state index in [1.165, 1.54) is 19.4 Å². The lowest BCUT2D eigenvalue weighted by molar-refractivity contribution is 0.0343. The molecule has 13 heavy (non-hydrogen) atoms. The van der Waals surface area contributed by atoms with Crippen LogP contribution in [0.3, 0.4) is 0 Å². The molecule has 0 spiro atoms. The Morgan fingerprint density at radius 2 is 2.08 bits per heavy atom. The van der Waals surface area contributed by atoms with Gasteiger partial charge in [-0.05, 0) is 19.8 Å². The van der Waals surface area contributed by atoms with Crippen molar-refractivity contribution in [3.8, 4) is 0 Å². The van der Waals surface area contributed by atoms with Crippen molar-refractivity contribution in [3.05, 3.63) is 0 Å².